The van der Waals surface area contributed by atoms with Crippen LogP contribution in [0.4, 0.5) is 24.5 Å². The number of rotatable bonds is 10. The number of carbonyl (C=O) groups is 2. The van der Waals surface area contributed by atoms with Gasteiger partial charge in [0.15, 0.2) is 12.2 Å². The second kappa shape index (κ2) is 11.5. The zero-order valence-corrected chi connectivity index (χ0v) is 22.6. The standard InChI is InChI=1S/C29H30F3N3O5/c1-5-38-27(37)28(3,4)40-24-13-12-22(14-18(24)2)39-16-25(36)35(21-10-8-20(9-11-21)29(30,31)32)23-15-33-17-34-26(23)19-6-7-19/h8-15,17,19H,5-7,16H2,1-4H3. The van der Waals surface area contributed by atoms with E-state index in [1.807, 2.05) is 0 Å². The van der Waals surface area contributed by atoms with E-state index >= 15 is 0 Å². The van der Waals surface area contributed by atoms with Crippen LogP contribution in [0.5, 0.6) is 11.5 Å². The number of alkyl halides is 3. The number of halogens is 3. The number of anilines is 2. The molecule has 1 saturated carbocycles. The van der Waals surface area contributed by atoms with E-state index in [1.165, 1.54) is 29.6 Å². The van der Waals surface area contributed by atoms with Crippen molar-refractivity contribution in [3.05, 3.63) is 71.8 Å². The molecule has 1 aliphatic rings. The Bertz CT molecular complexity index is 1370. The number of amides is 1. The minimum atomic E-state index is -4.51. The van der Waals surface area contributed by atoms with Crippen LogP contribution in [0.1, 0.15) is 56.4 Å². The van der Waals surface area contributed by atoms with Crippen molar-refractivity contribution in [1.29, 1.82) is 0 Å². The van der Waals surface area contributed by atoms with Crippen molar-refractivity contribution >= 4 is 23.3 Å². The van der Waals surface area contributed by atoms with E-state index in [0.717, 1.165) is 25.0 Å². The second-order valence-corrected chi connectivity index (χ2v) is 9.89. The summed E-state index contributed by atoms with van der Waals surface area (Å²) in [4.78, 5) is 35.4. The Morgan fingerprint density at radius 2 is 1.77 bits per heavy atom. The van der Waals surface area contributed by atoms with Gasteiger partial charge in [-0.05, 0) is 88.6 Å². The van der Waals surface area contributed by atoms with E-state index in [0.29, 0.717) is 28.4 Å². The van der Waals surface area contributed by atoms with E-state index in [4.69, 9.17) is 14.2 Å². The van der Waals surface area contributed by atoms with Gasteiger partial charge in [0.2, 0.25) is 0 Å². The highest BCUT2D eigenvalue weighted by molar-refractivity contribution is 6.01. The van der Waals surface area contributed by atoms with Crippen molar-refractivity contribution in [2.45, 2.75) is 58.2 Å². The van der Waals surface area contributed by atoms with Gasteiger partial charge in [-0.1, -0.05) is 0 Å². The Balaban J connectivity index is 1.55. The molecule has 0 bridgehead atoms. The SMILES string of the molecule is CCOC(=O)C(C)(C)Oc1ccc(OCC(=O)N(c2ccc(C(F)(F)F)cc2)c2cncnc2C2CC2)cc1C. The van der Waals surface area contributed by atoms with Crippen molar-refractivity contribution < 1.29 is 37.0 Å². The van der Waals surface area contributed by atoms with Crippen LogP contribution in [0.15, 0.2) is 55.0 Å². The summed E-state index contributed by atoms with van der Waals surface area (Å²) in [6.45, 7) is 6.51. The monoisotopic (exact) mass is 557 g/mol. The maximum Gasteiger partial charge on any atom is 0.416 e. The summed E-state index contributed by atoms with van der Waals surface area (Å²) in [6, 6.07) is 9.22. The molecule has 4 rings (SSSR count). The Kier molecular flexibility index (Phi) is 8.32. The Morgan fingerprint density at radius 1 is 1.07 bits per heavy atom. The molecule has 0 aliphatic heterocycles. The van der Waals surface area contributed by atoms with E-state index in [1.54, 1.807) is 45.9 Å². The third-order valence-corrected chi connectivity index (χ3v) is 6.27. The molecule has 0 spiro atoms. The molecule has 0 unspecified atom stereocenters. The molecule has 1 amide bonds. The number of benzene rings is 2. The molecule has 0 saturated heterocycles. The number of aryl methyl sites for hydroxylation is 1. The summed E-state index contributed by atoms with van der Waals surface area (Å²) in [5, 5.41) is 0. The highest BCUT2D eigenvalue weighted by Gasteiger charge is 2.34. The topological polar surface area (TPSA) is 90.9 Å². The number of aromatic nitrogens is 2. The van der Waals surface area contributed by atoms with Crippen LogP contribution in [0.25, 0.3) is 0 Å². The number of hydrogen-bond acceptors (Lipinski definition) is 7. The molecule has 2 aromatic carbocycles. The molecule has 0 radical (unpaired) electrons. The fourth-order valence-electron chi connectivity index (χ4n) is 4.05. The van der Waals surface area contributed by atoms with Crippen molar-refractivity contribution in [2.24, 2.45) is 0 Å². The Labute approximate surface area is 230 Å². The van der Waals surface area contributed by atoms with Crippen molar-refractivity contribution in [3.63, 3.8) is 0 Å². The fourth-order valence-corrected chi connectivity index (χ4v) is 4.05. The Morgan fingerprint density at radius 3 is 2.38 bits per heavy atom. The average Bonchev–Trinajstić information content (AvgIpc) is 3.75. The van der Waals surface area contributed by atoms with E-state index < -0.39 is 35.8 Å². The molecule has 11 heteroatoms. The average molecular weight is 558 g/mol. The van der Waals surface area contributed by atoms with E-state index in [9.17, 15) is 22.8 Å². The van der Waals surface area contributed by atoms with Gasteiger partial charge in [-0.3, -0.25) is 9.69 Å². The molecule has 40 heavy (non-hydrogen) atoms. The van der Waals surface area contributed by atoms with E-state index in [-0.39, 0.29) is 18.2 Å². The smallest absolute Gasteiger partial charge is 0.416 e. The van der Waals surface area contributed by atoms with Crippen molar-refractivity contribution in [1.82, 2.24) is 9.97 Å². The van der Waals surface area contributed by atoms with E-state index in [2.05, 4.69) is 9.97 Å². The lowest BCUT2D eigenvalue weighted by Crippen LogP contribution is -2.39. The highest BCUT2D eigenvalue weighted by atomic mass is 19.4. The van der Waals surface area contributed by atoms with Gasteiger partial charge < -0.3 is 14.2 Å². The zero-order chi connectivity index (χ0) is 29.1. The predicted octanol–water partition coefficient (Wildman–Crippen LogP) is 6.15. The van der Waals surface area contributed by atoms with Gasteiger partial charge in [0, 0.05) is 11.6 Å². The van der Waals surface area contributed by atoms with Gasteiger partial charge in [0.25, 0.3) is 5.91 Å². The lowest BCUT2D eigenvalue weighted by atomic mass is 10.1. The second-order valence-electron chi connectivity index (χ2n) is 9.89. The summed E-state index contributed by atoms with van der Waals surface area (Å²) >= 11 is 0. The predicted molar refractivity (Wildman–Crippen MR) is 141 cm³/mol. The number of nitrogens with zero attached hydrogens (tertiary/aromatic N) is 3. The third kappa shape index (κ3) is 6.70. The molecular weight excluding hydrogens is 527 g/mol. The molecule has 212 valence electrons. The molecule has 1 aliphatic carbocycles. The number of esters is 1. The first-order valence-corrected chi connectivity index (χ1v) is 12.8. The minimum Gasteiger partial charge on any atom is -0.484 e. The van der Waals surface area contributed by atoms with Gasteiger partial charge >= 0.3 is 12.1 Å². The lowest BCUT2D eigenvalue weighted by Gasteiger charge is -2.26. The normalized spacial score (nSPS) is 13.5. The van der Waals surface area contributed by atoms with Gasteiger partial charge in [-0.15, -0.1) is 0 Å². The Hall–Kier alpha value is -4.15. The third-order valence-electron chi connectivity index (χ3n) is 6.27. The van der Waals surface area contributed by atoms with Crippen LogP contribution in [0.3, 0.4) is 0 Å². The van der Waals surface area contributed by atoms with Crippen LogP contribution in [-0.4, -0.2) is 40.7 Å². The molecule has 1 heterocycles. The first-order valence-electron chi connectivity index (χ1n) is 12.8. The molecular formula is C29H30F3N3O5. The zero-order valence-electron chi connectivity index (χ0n) is 22.6. The minimum absolute atomic E-state index is 0.151. The summed E-state index contributed by atoms with van der Waals surface area (Å²) < 4.78 is 56.2. The molecule has 0 N–H and O–H groups in total. The summed E-state index contributed by atoms with van der Waals surface area (Å²) in [7, 11) is 0. The first kappa shape index (κ1) is 28.8. The molecule has 3 aromatic rings. The van der Waals surface area contributed by atoms with Crippen LogP contribution in [0.2, 0.25) is 0 Å². The molecule has 1 fully saturated rings. The molecule has 1 aromatic heterocycles. The van der Waals surface area contributed by atoms with Gasteiger partial charge in [0.1, 0.15) is 17.8 Å². The van der Waals surface area contributed by atoms with Crippen molar-refractivity contribution in [2.75, 3.05) is 18.1 Å². The summed E-state index contributed by atoms with van der Waals surface area (Å²) in [5.74, 6) is -0.0559. The summed E-state index contributed by atoms with van der Waals surface area (Å²) in [6.07, 6.45) is 0.160. The maximum absolute atomic E-state index is 13.5. The number of ether oxygens (including phenoxy) is 3. The fraction of sp³-hybridized carbons (Fsp3) is 0.379. The number of hydrogen-bond donors (Lipinski definition) is 0. The largest absolute Gasteiger partial charge is 0.484 e. The molecule has 0 atom stereocenters. The maximum atomic E-state index is 13.5. The van der Waals surface area contributed by atoms with Crippen LogP contribution in [0, 0.1) is 6.92 Å². The van der Waals surface area contributed by atoms with Crippen LogP contribution in [-0.2, 0) is 20.5 Å². The quantitative estimate of drug-likeness (QED) is 0.276. The van der Waals surface area contributed by atoms with Gasteiger partial charge in [-0.25, -0.2) is 14.8 Å². The lowest BCUT2D eigenvalue weighted by molar-refractivity contribution is -0.158. The highest BCUT2D eigenvalue weighted by Crippen LogP contribution is 2.44. The molecule has 8 nitrogen and oxygen atoms in total. The summed E-state index contributed by atoms with van der Waals surface area (Å²) in [5.41, 5.74) is -0.0770. The van der Waals surface area contributed by atoms with Crippen LogP contribution < -0.4 is 14.4 Å². The van der Waals surface area contributed by atoms with Crippen LogP contribution >= 0.6 is 0 Å². The van der Waals surface area contributed by atoms with Gasteiger partial charge in [-0.2, -0.15) is 13.2 Å². The van der Waals surface area contributed by atoms with Crippen molar-refractivity contribution in [3.8, 4) is 11.5 Å². The van der Waals surface area contributed by atoms with Gasteiger partial charge in [0.05, 0.1) is 29.7 Å². The first-order chi connectivity index (χ1) is 18.9. The number of carbonyl (C=O) groups excluding carboxylic acids is 2.